The quantitative estimate of drug-likeness (QED) is 0.674. The lowest BCUT2D eigenvalue weighted by atomic mass is 9.96. The molecular formula is C9H13N3O2. The van der Waals surface area contributed by atoms with Crippen molar-refractivity contribution in [1.82, 2.24) is 14.7 Å². The fourth-order valence-electron chi connectivity index (χ4n) is 1.98. The van der Waals surface area contributed by atoms with E-state index in [1.54, 1.807) is 6.20 Å². The molecule has 1 amide bonds. The highest BCUT2D eigenvalue weighted by atomic mass is 16.4. The average Bonchev–Trinajstić information content (AvgIpc) is 2.51. The molecule has 0 saturated heterocycles. The molecule has 1 aromatic heterocycles. The van der Waals surface area contributed by atoms with Gasteiger partial charge in [-0.25, -0.2) is 4.79 Å². The van der Waals surface area contributed by atoms with Gasteiger partial charge in [0, 0.05) is 12.7 Å². The second-order valence-electron chi connectivity index (χ2n) is 3.93. The molecule has 0 spiro atoms. The van der Waals surface area contributed by atoms with Crippen LogP contribution in [0.25, 0.3) is 0 Å². The highest BCUT2D eigenvalue weighted by Gasteiger charge is 2.38. The average molecular weight is 195 g/mol. The van der Waals surface area contributed by atoms with Gasteiger partial charge in [0.25, 0.3) is 0 Å². The lowest BCUT2D eigenvalue weighted by Gasteiger charge is -2.40. The third-order valence-corrected chi connectivity index (χ3v) is 2.78. The topological polar surface area (TPSA) is 58.4 Å². The van der Waals surface area contributed by atoms with E-state index in [2.05, 4.69) is 5.10 Å². The maximum absolute atomic E-state index is 11.0. The molecule has 0 bridgehead atoms. The minimum atomic E-state index is -0.873. The second kappa shape index (κ2) is 2.73. The summed E-state index contributed by atoms with van der Waals surface area (Å²) in [7, 11) is 0. The molecule has 0 aliphatic carbocycles. The van der Waals surface area contributed by atoms with E-state index >= 15 is 0 Å². The van der Waals surface area contributed by atoms with E-state index in [1.165, 1.54) is 4.90 Å². The van der Waals surface area contributed by atoms with Crippen molar-refractivity contribution in [2.75, 3.05) is 6.54 Å². The second-order valence-corrected chi connectivity index (χ2v) is 3.93. The minimum Gasteiger partial charge on any atom is -0.465 e. The molecule has 1 aromatic rings. The molecule has 1 N–H and O–H groups in total. The third-order valence-electron chi connectivity index (χ3n) is 2.78. The van der Waals surface area contributed by atoms with Crippen molar-refractivity contribution in [2.24, 2.45) is 0 Å². The van der Waals surface area contributed by atoms with Gasteiger partial charge >= 0.3 is 6.09 Å². The predicted molar refractivity (Wildman–Crippen MR) is 50.0 cm³/mol. The summed E-state index contributed by atoms with van der Waals surface area (Å²) in [6.45, 7) is 4.93. The van der Waals surface area contributed by atoms with Gasteiger partial charge in [0.05, 0.1) is 17.8 Å². The van der Waals surface area contributed by atoms with Crippen LogP contribution in [0.5, 0.6) is 0 Å². The Bertz CT molecular complexity index is 370. The first kappa shape index (κ1) is 9.05. The number of amides is 1. The highest BCUT2D eigenvalue weighted by molar-refractivity contribution is 5.66. The number of aromatic nitrogens is 2. The molecule has 2 rings (SSSR count). The van der Waals surface area contributed by atoms with E-state index < -0.39 is 11.6 Å². The van der Waals surface area contributed by atoms with Gasteiger partial charge in [0.15, 0.2) is 0 Å². The van der Waals surface area contributed by atoms with E-state index in [4.69, 9.17) is 5.11 Å². The molecule has 0 fully saturated rings. The van der Waals surface area contributed by atoms with Gasteiger partial charge in [-0.05, 0) is 19.9 Å². The zero-order valence-corrected chi connectivity index (χ0v) is 8.27. The summed E-state index contributed by atoms with van der Waals surface area (Å²) < 4.78 is 1.86. The Morgan fingerprint density at radius 2 is 2.29 bits per heavy atom. The fraction of sp³-hybridized carbons (Fsp3) is 0.556. The van der Waals surface area contributed by atoms with Crippen LogP contribution in [-0.4, -0.2) is 32.4 Å². The van der Waals surface area contributed by atoms with Gasteiger partial charge in [-0.3, -0.25) is 9.58 Å². The summed E-state index contributed by atoms with van der Waals surface area (Å²) in [4.78, 5) is 12.4. The molecule has 76 valence electrons. The Hall–Kier alpha value is -1.52. The molecule has 5 nitrogen and oxygen atoms in total. The van der Waals surface area contributed by atoms with Gasteiger partial charge in [-0.1, -0.05) is 0 Å². The Kier molecular flexibility index (Phi) is 1.77. The first-order valence-electron chi connectivity index (χ1n) is 4.56. The highest BCUT2D eigenvalue weighted by Crippen LogP contribution is 2.30. The van der Waals surface area contributed by atoms with Crippen molar-refractivity contribution >= 4 is 6.09 Å². The van der Waals surface area contributed by atoms with Gasteiger partial charge < -0.3 is 5.11 Å². The fourth-order valence-corrected chi connectivity index (χ4v) is 1.98. The number of rotatable bonds is 0. The molecule has 2 heterocycles. The summed E-state index contributed by atoms with van der Waals surface area (Å²) in [5.41, 5.74) is 0.465. The summed E-state index contributed by atoms with van der Waals surface area (Å²) in [6.07, 6.45) is 0.838. The van der Waals surface area contributed by atoms with Gasteiger partial charge in [0.1, 0.15) is 0 Å². The number of fused-ring (bicyclic) bond motifs is 1. The van der Waals surface area contributed by atoms with E-state index in [0.29, 0.717) is 13.1 Å². The van der Waals surface area contributed by atoms with Crippen molar-refractivity contribution in [1.29, 1.82) is 0 Å². The maximum atomic E-state index is 11.0. The zero-order chi connectivity index (χ0) is 10.3. The monoisotopic (exact) mass is 195 g/mol. The largest absolute Gasteiger partial charge is 0.465 e. The van der Waals surface area contributed by atoms with Crippen LogP contribution in [0.3, 0.4) is 0 Å². The Balaban J connectivity index is 2.45. The molecule has 1 aliphatic rings. The number of hydrogen-bond acceptors (Lipinski definition) is 2. The molecule has 0 unspecified atom stereocenters. The Labute approximate surface area is 81.9 Å². The molecule has 5 heteroatoms. The number of hydrogen-bond donors (Lipinski definition) is 1. The van der Waals surface area contributed by atoms with Crippen LogP contribution in [-0.2, 0) is 12.1 Å². The molecule has 0 saturated carbocycles. The summed E-state index contributed by atoms with van der Waals surface area (Å²) in [5, 5.41) is 13.2. The van der Waals surface area contributed by atoms with E-state index in [9.17, 15) is 4.79 Å². The third kappa shape index (κ3) is 1.08. The molecule has 1 aliphatic heterocycles. The number of nitrogens with zero attached hydrogens (tertiary/aromatic N) is 3. The van der Waals surface area contributed by atoms with Gasteiger partial charge in [-0.15, -0.1) is 0 Å². The molecule has 0 atom stereocenters. The van der Waals surface area contributed by atoms with E-state index in [0.717, 1.165) is 5.69 Å². The maximum Gasteiger partial charge on any atom is 0.408 e. The normalized spacial score (nSPS) is 19.1. The smallest absolute Gasteiger partial charge is 0.408 e. The first-order valence-corrected chi connectivity index (χ1v) is 4.56. The molecular weight excluding hydrogens is 182 g/mol. The Morgan fingerprint density at radius 3 is 2.93 bits per heavy atom. The predicted octanol–water partition coefficient (Wildman–Crippen LogP) is 1.11. The molecule has 14 heavy (non-hydrogen) atoms. The molecule has 0 aromatic carbocycles. The standard InChI is InChI=1S/C9H13N3O2/c1-9(2)7-3-4-10-12(7)6-5-11(9)8(13)14/h3-4H,5-6H2,1-2H3,(H,13,14). The number of carboxylic acid groups (broad SMARTS) is 1. The number of carbonyl (C=O) groups is 1. The van der Waals surface area contributed by atoms with Crippen LogP contribution >= 0.6 is 0 Å². The molecule has 0 radical (unpaired) electrons. The zero-order valence-electron chi connectivity index (χ0n) is 8.27. The Morgan fingerprint density at radius 1 is 1.57 bits per heavy atom. The van der Waals surface area contributed by atoms with Gasteiger partial charge in [-0.2, -0.15) is 5.10 Å². The van der Waals surface area contributed by atoms with Crippen LogP contribution in [0.2, 0.25) is 0 Å². The van der Waals surface area contributed by atoms with Crippen LogP contribution in [0, 0.1) is 0 Å². The van der Waals surface area contributed by atoms with Crippen molar-refractivity contribution in [2.45, 2.75) is 25.9 Å². The van der Waals surface area contributed by atoms with Crippen LogP contribution < -0.4 is 0 Å². The van der Waals surface area contributed by atoms with Crippen LogP contribution in [0.15, 0.2) is 12.3 Å². The lowest BCUT2D eigenvalue weighted by Crippen LogP contribution is -2.51. The van der Waals surface area contributed by atoms with E-state index in [-0.39, 0.29) is 0 Å². The van der Waals surface area contributed by atoms with E-state index in [1.807, 2.05) is 24.6 Å². The van der Waals surface area contributed by atoms with Crippen LogP contribution in [0.1, 0.15) is 19.5 Å². The van der Waals surface area contributed by atoms with Crippen molar-refractivity contribution in [3.8, 4) is 0 Å². The van der Waals surface area contributed by atoms with Crippen molar-refractivity contribution in [3.05, 3.63) is 18.0 Å². The minimum absolute atomic E-state index is 0.486. The summed E-state index contributed by atoms with van der Waals surface area (Å²) in [5.74, 6) is 0. The van der Waals surface area contributed by atoms with Crippen molar-refractivity contribution < 1.29 is 9.90 Å². The summed E-state index contributed by atoms with van der Waals surface area (Å²) >= 11 is 0. The summed E-state index contributed by atoms with van der Waals surface area (Å²) in [6, 6.07) is 1.87. The van der Waals surface area contributed by atoms with Crippen molar-refractivity contribution in [3.63, 3.8) is 0 Å². The lowest BCUT2D eigenvalue weighted by molar-refractivity contribution is 0.0686. The SMILES string of the molecule is CC1(C)c2ccnn2CCN1C(=O)O. The first-order chi connectivity index (χ1) is 6.53. The van der Waals surface area contributed by atoms with Gasteiger partial charge in [0.2, 0.25) is 0 Å². The van der Waals surface area contributed by atoms with Crippen LogP contribution in [0.4, 0.5) is 4.79 Å².